The van der Waals surface area contributed by atoms with E-state index in [1.165, 1.54) is 12.1 Å². The first-order chi connectivity index (χ1) is 10.5. The molecule has 0 bridgehead atoms. The quantitative estimate of drug-likeness (QED) is 0.652. The van der Waals surface area contributed by atoms with Crippen LogP contribution in [0.2, 0.25) is 0 Å². The van der Waals surface area contributed by atoms with Crippen molar-refractivity contribution in [1.29, 1.82) is 0 Å². The van der Waals surface area contributed by atoms with Crippen molar-refractivity contribution in [3.8, 4) is 0 Å². The molecule has 0 aliphatic carbocycles. The van der Waals surface area contributed by atoms with Crippen LogP contribution in [0.1, 0.15) is 22.2 Å². The normalized spacial score (nSPS) is 12.5. The first kappa shape index (κ1) is 16.2. The minimum absolute atomic E-state index is 0.240. The molecule has 0 unspecified atom stereocenters. The van der Waals surface area contributed by atoms with E-state index < -0.39 is 12.1 Å². The van der Waals surface area contributed by atoms with Gasteiger partial charge in [-0.25, -0.2) is 9.18 Å². The summed E-state index contributed by atoms with van der Waals surface area (Å²) in [5, 5.41) is 9.85. The molecule has 0 fully saturated rings. The Balaban J connectivity index is 1.99. The van der Waals surface area contributed by atoms with Gasteiger partial charge in [0.2, 0.25) is 0 Å². The van der Waals surface area contributed by atoms with Crippen molar-refractivity contribution in [3.63, 3.8) is 0 Å². The summed E-state index contributed by atoms with van der Waals surface area (Å²) in [6, 6.07) is 9.00. The first-order valence-corrected chi connectivity index (χ1v) is 7.56. The molecule has 2 rings (SSSR count). The number of nitrogens with zero attached hydrogens (tertiary/aromatic N) is 1. The monoisotopic (exact) mass is 320 g/mol. The Morgan fingerprint density at radius 3 is 2.68 bits per heavy atom. The van der Waals surface area contributed by atoms with Gasteiger partial charge in [0.05, 0.1) is 6.04 Å². The third kappa shape index (κ3) is 4.41. The van der Waals surface area contributed by atoms with E-state index >= 15 is 0 Å². The number of hydrogen-bond acceptors (Lipinski definition) is 3. The van der Waals surface area contributed by atoms with E-state index in [0.717, 1.165) is 21.7 Å². The summed E-state index contributed by atoms with van der Waals surface area (Å²) in [6.07, 6.45) is 4.26. The van der Waals surface area contributed by atoms with Gasteiger partial charge in [-0.05, 0) is 42.8 Å². The fourth-order valence-corrected chi connectivity index (χ4v) is 2.86. The van der Waals surface area contributed by atoms with E-state index in [1.807, 2.05) is 18.2 Å². The number of amides is 2. The Kier molecular flexibility index (Phi) is 5.30. The number of halogens is 1. The van der Waals surface area contributed by atoms with Crippen molar-refractivity contribution in [2.45, 2.75) is 19.4 Å². The maximum absolute atomic E-state index is 12.9. The van der Waals surface area contributed by atoms with Gasteiger partial charge < -0.3 is 5.73 Å². The van der Waals surface area contributed by atoms with Crippen LogP contribution in [0.3, 0.4) is 0 Å². The van der Waals surface area contributed by atoms with Crippen LogP contribution < -0.4 is 5.73 Å². The second kappa shape index (κ2) is 7.20. The van der Waals surface area contributed by atoms with E-state index in [9.17, 15) is 14.4 Å². The Morgan fingerprint density at radius 2 is 2.05 bits per heavy atom. The van der Waals surface area contributed by atoms with Crippen molar-refractivity contribution in [3.05, 3.63) is 63.6 Å². The average molecular weight is 320 g/mol. The summed E-state index contributed by atoms with van der Waals surface area (Å²) >= 11 is 1.60. The van der Waals surface area contributed by atoms with Crippen molar-refractivity contribution in [1.82, 2.24) is 5.06 Å². The van der Waals surface area contributed by atoms with Gasteiger partial charge in [-0.15, -0.1) is 11.3 Å². The third-order valence-corrected chi connectivity index (χ3v) is 4.18. The highest BCUT2D eigenvalue weighted by molar-refractivity contribution is 7.12. The maximum atomic E-state index is 12.9. The van der Waals surface area contributed by atoms with Crippen LogP contribution in [0.5, 0.6) is 0 Å². The Hall–Kier alpha value is -2.18. The second-order valence-corrected chi connectivity index (χ2v) is 6.09. The predicted octanol–water partition coefficient (Wildman–Crippen LogP) is 3.65. The first-order valence-electron chi connectivity index (χ1n) is 6.74. The van der Waals surface area contributed by atoms with Gasteiger partial charge in [0.25, 0.3) is 0 Å². The molecular formula is C16H17FN2O2S. The largest absolute Gasteiger partial charge is 0.350 e. The molecule has 0 radical (unpaired) electrons. The lowest BCUT2D eigenvalue weighted by atomic mass is 10.1. The van der Waals surface area contributed by atoms with Crippen molar-refractivity contribution in [2.75, 3.05) is 0 Å². The molecule has 6 heteroatoms. The summed E-state index contributed by atoms with van der Waals surface area (Å²) in [5.74, 6) is -0.240. The van der Waals surface area contributed by atoms with Crippen LogP contribution in [0, 0.1) is 5.82 Å². The molecule has 0 aliphatic rings. The molecule has 1 aromatic carbocycles. The smallest absolute Gasteiger partial charge is 0.339 e. The molecule has 4 nitrogen and oxygen atoms in total. The van der Waals surface area contributed by atoms with Gasteiger partial charge in [-0.1, -0.05) is 18.2 Å². The Bertz CT molecular complexity index is 667. The number of urea groups is 1. The number of nitrogens with two attached hydrogens (primary N) is 1. The van der Waals surface area contributed by atoms with E-state index in [1.54, 1.807) is 36.5 Å². The highest BCUT2D eigenvalue weighted by Crippen LogP contribution is 2.21. The van der Waals surface area contributed by atoms with Gasteiger partial charge in [0.15, 0.2) is 0 Å². The van der Waals surface area contributed by atoms with E-state index in [0.29, 0.717) is 5.06 Å². The second-order valence-electron chi connectivity index (χ2n) is 4.89. The van der Waals surface area contributed by atoms with E-state index in [4.69, 9.17) is 5.73 Å². The zero-order chi connectivity index (χ0) is 16.1. The number of hydrogen-bond donors (Lipinski definition) is 2. The highest BCUT2D eigenvalue weighted by Gasteiger charge is 2.11. The molecule has 1 aromatic heterocycles. The number of rotatable bonds is 5. The lowest BCUT2D eigenvalue weighted by Gasteiger charge is -2.16. The number of thiophene rings is 1. The average Bonchev–Trinajstić information content (AvgIpc) is 2.94. The molecule has 0 saturated heterocycles. The van der Waals surface area contributed by atoms with E-state index in [2.05, 4.69) is 0 Å². The van der Waals surface area contributed by atoms with Crippen LogP contribution in [-0.2, 0) is 6.42 Å². The SMILES string of the molecule is C[C@H](/C=C/c1ccc(Cc2ccc(F)cc2)s1)N(O)C(N)=O. The summed E-state index contributed by atoms with van der Waals surface area (Å²) < 4.78 is 12.9. The lowest BCUT2D eigenvalue weighted by molar-refractivity contribution is -0.0560. The van der Waals surface area contributed by atoms with Crippen LogP contribution >= 0.6 is 11.3 Å². The topological polar surface area (TPSA) is 66.6 Å². The molecule has 22 heavy (non-hydrogen) atoms. The Labute approximate surface area is 132 Å². The van der Waals surface area contributed by atoms with Crippen LogP contribution in [0.4, 0.5) is 9.18 Å². The molecule has 0 saturated carbocycles. The zero-order valence-corrected chi connectivity index (χ0v) is 12.9. The van der Waals surface area contributed by atoms with Crippen molar-refractivity contribution in [2.24, 2.45) is 5.73 Å². The molecular weight excluding hydrogens is 303 g/mol. The fourth-order valence-electron chi connectivity index (χ4n) is 1.90. The molecule has 1 heterocycles. The number of primary amides is 1. The molecule has 2 aromatic rings. The van der Waals surface area contributed by atoms with Gasteiger partial charge in [0.1, 0.15) is 5.82 Å². The van der Waals surface area contributed by atoms with Gasteiger partial charge in [0, 0.05) is 16.2 Å². The third-order valence-electron chi connectivity index (χ3n) is 3.12. The highest BCUT2D eigenvalue weighted by atomic mass is 32.1. The molecule has 2 amide bonds. The lowest BCUT2D eigenvalue weighted by Crippen LogP contribution is -2.38. The zero-order valence-electron chi connectivity index (χ0n) is 12.1. The summed E-state index contributed by atoms with van der Waals surface area (Å²) in [5.41, 5.74) is 6.03. The van der Waals surface area contributed by atoms with Crippen molar-refractivity contribution < 1.29 is 14.4 Å². The van der Waals surface area contributed by atoms with Crippen LogP contribution in [0.25, 0.3) is 6.08 Å². The number of carbonyl (C=O) groups excluding carboxylic acids is 1. The van der Waals surface area contributed by atoms with Crippen LogP contribution in [-0.4, -0.2) is 22.3 Å². The number of carbonyl (C=O) groups is 1. The molecule has 1 atom stereocenters. The fraction of sp³-hybridized carbons (Fsp3) is 0.188. The number of hydroxylamine groups is 2. The molecule has 0 spiro atoms. The van der Waals surface area contributed by atoms with Crippen molar-refractivity contribution >= 4 is 23.4 Å². The molecule has 0 aliphatic heterocycles. The van der Waals surface area contributed by atoms with Gasteiger partial charge in [-0.2, -0.15) is 5.06 Å². The summed E-state index contributed by atoms with van der Waals surface area (Å²) in [6.45, 7) is 1.66. The number of benzene rings is 1. The predicted molar refractivity (Wildman–Crippen MR) is 85.2 cm³/mol. The molecule has 116 valence electrons. The minimum atomic E-state index is -0.889. The van der Waals surface area contributed by atoms with Gasteiger partial charge in [-0.3, -0.25) is 5.21 Å². The Morgan fingerprint density at radius 1 is 1.36 bits per heavy atom. The van der Waals surface area contributed by atoms with Gasteiger partial charge >= 0.3 is 6.03 Å². The van der Waals surface area contributed by atoms with E-state index in [-0.39, 0.29) is 5.82 Å². The minimum Gasteiger partial charge on any atom is -0.350 e. The van der Waals surface area contributed by atoms with Crippen LogP contribution in [0.15, 0.2) is 42.5 Å². The maximum Gasteiger partial charge on any atom is 0.339 e. The summed E-state index contributed by atoms with van der Waals surface area (Å²) in [4.78, 5) is 13.0. The summed E-state index contributed by atoms with van der Waals surface area (Å²) in [7, 11) is 0. The molecule has 3 N–H and O–H groups in total. The standard InChI is InChI=1S/C16H17FN2O2S/c1-11(19(21)16(18)20)2-7-14-8-9-15(22-14)10-12-3-5-13(17)6-4-12/h2-9,11,21H,10H2,1H3,(H2,18,20)/b7-2+/t11-/m1/s1.